The van der Waals surface area contributed by atoms with Gasteiger partial charge in [-0.15, -0.1) is 0 Å². The van der Waals surface area contributed by atoms with Gasteiger partial charge in [-0.3, -0.25) is 4.99 Å². The second-order valence-corrected chi connectivity index (χ2v) is 6.35. The van der Waals surface area contributed by atoms with Gasteiger partial charge in [0.15, 0.2) is 5.17 Å². The second-order valence-electron chi connectivity index (χ2n) is 4.07. The monoisotopic (exact) mass is 230 g/mol. The van der Waals surface area contributed by atoms with Crippen molar-refractivity contribution in [2.24, 2.45) is 4.99 Å². The van der Waals surface area contributed by atoms with Gasteiger partial charge >= 0.3 is 0 Å². The number of hydrogen-bond acceptors (Lipinski definition) is 3. The van der Waals surface area contributed by atoms with Crippen molar-refractivity contribution in [1.82, 2.24) is 5.32 Å². The van der Waals surface area contributed by atoms with Crippen molar-refractivity contribution in [3.8, 4) is 0 Å². The lowest BCUT2D eigenvalue weighted by atomic mass is 10.3. The number of aliphatic imine (C=N–C) groups is 1. The van der Waals surface area contributed by atoms with Crippen LogP contribution in [0.1, 0.15) is 26.2 Å². The highest BCUT2D eigenvalue weighted by molar-refractivity contribution is 8.14. The Morgan fingerprint density at radius 2 is 2.43 bits per heavy atom. The van der Waals surface area contributed by atoms with Crippen LogP contribution in [-0.2, 0) is 0 Å². The van der Waals surface area contributed by atoms with Gasteiger partial charge in [0, 0.05) is 16.5 Å². The van der Waals surface area contributed by atoms with Crippen LogP contribution in [0.25, 0.3) is 0 Å². The van der Waals surface area contributed by atoms with Crippen LogP contribution in [-0.4, -0.2) is 34.5 Å². The van der Waals surface area contributed by atoms with Crippen molar-refractivity contribution in [2.75, 3.05) is 18.6 Å². The summed E-state index contributed by atoms with van der Waals surface area (Å²) in [6, 6.07) is 0.656. The smallest absolute Gasteiger partial charge is 0.156 e. The van der Waals surface area contributed by atoms with E-state index in [1.54, 1.807) is 0 Å². The van der Waals surface area contributed by atoms with Crippen LogP contribution in [0, 0.1) is 0 Å². The van der Waals surface area contributed by atoms with Crippen molar-refractivity contribution in [3.63, 3.8) is 0 Å². The number of nitrogens with zero attached hydrogens (tertiary/aromatic N) is 1. The Balaban J connectivity index is 1.81. The number of thioether (sulfide) groups is 2. The van der Waals surface area contributed by atoms with Gasteiger partial charge in [0.2, 0.25) is 0 Å². The molecule has 1 N–H and O–H groups in total. The summed E-state index contributed by atoms with van der Waals surface area (Å²) in [6.07, 6.45) is 6.12. The normalized spacial score (nSPS) is 31.9. The summed E-state index contributed by atoms with van der Waals surface area (Å²) in [7, 11) is 0. The Kier molecular flexibility index (Phi) is 3.32. The van der Waals surface area contributed by atoms with E-state index in [1.807, 2.05) is 23.5 Å². The maximum Gasteiger partial charge on any atom is 0.156 e. The average Bonchev–Trinajstić information content (AvgIpc) is 2.86. The number of hydrogen-bond donors (Lipinski definition) is 1. The summed E-state index contributed by atoms with van der Waals surface area (Å²) >= 11 is 3.87. The molecule has 0 bridgehead atoms. The molecule has 2 aliphatic rings. The van der Waals surface area contributed by atoms with E-state index in [9.17, 15) is 0 Å². The van der Waals surface area contributed by atoms with Crippen molar-refractivity contribution in [3.05, 3.63) is 0 Å². The SMILES string of the molecule is CCC1CSC(=NCC2(SC)CC2)N1. The first-order chi connectivity index (χ1) is 6.78. The van der Waals surface area contributed by atoms with Crippen LogP contribution in [0.2, 0.25) is 0 Å². The van der Waals surface area contributed by atoms with Crippen molar-refractivity contribution in [2.45, 2.75) is 37.0 Å². The molecule has 14 heavy (non-hydrogen) atoms. The zero-order valence-corrected chi connectivity index (χ0v) is 10.5. The van der Waals surface area contributed by atoms with Crippen LogP contribution in [0.15, 0.2) is 4.99 Å². The molecule has 4 heteroatoms. The van der Waals surface area contributed by atoms with E-state index in [1.165, 1.54) is 30.2 Å². The molecule has 1 aliphatic heterocycles. The van der Waals surface area contributed by atoms with Crippen molar-refractivity contribution < 1.29 is 0 Å². The highest BCUT2D eigenvalue weighted by Crippen LogP contribution is 2.47. The molecule has 2 nitrogen and oxygen atoms in total. The topological polar surface area (TPSA) is 24.4 Å². The van der Waals surface area contributed by atoms with E-state index in [4.69, 9.17) is 0 Å². The molecule has 1 unspecified atom stereocenters. The van der Waals surface area contributed by atoms with Gasteiger partial charge in [0.05, 0.1) is 6.54 Å². The molecule has 0 aromatic rings. The van der Waals surface area contributed by atoms with Crippen LogP contribution < -0.4 is 5.32 Å². The van der Waals surface area contributed by atoms with Gasteiger partial charge < -0.3 is 5.32 Å². The molecule has 2 rings (SSSR count). The molecule has 1 aliphatic carbocycles. The molecule has 1 saturated carbocycles. The zero-order valence-electron chi connectivity index (χ0n) is 8.88. The standard InChI is InChI=1S/C10H18N2S2/c1-3-8-6-14-9(12-8)11-7-10(13-2)4-5-10/h8H,3-7H2,1-2H3,(H,11,12). The zero-order chi connectivity index (χ0) is 10.0. The van der Waals surface area contributed by atoms with E-state index in [0.29, 0.717) is 10.8 Å². The second kappa shape index (κ2) is 4.35. The largest absolute Gasteiger partial charge is 0.361 e. The summed E-state index contributed by atoms with van der Waals surface area (Å²) in [5, 5.41) is 4.65. The van der Waals surface area contributed by atoms with Gasteiger partial charge in [0.25, 0.3) is 0 Å². The highest BCUT2D eigenvalue weighted by atomic mass is 32.2. The minimum Gasteiger partial charge on any atom is -0.361 e. The van der Waals surface area contributed by atoms with E-state index >= 15 is 0 Å². The van der Waals surface area contributed by atoms with Crippen LogP contribution in [0.5, 0.6) is 0 Å². The maximum absolute atomic E-state index is 4.67. The third-order valence-corrected chi connectivity index (χ3v) is 5.49. The molecule has 0 aromatic heterocycles. The van der Waals surface area contributed by atoms with E-state index < -0.39 is 0 Å². The average molecular weight is 230 g/mol. The first-order valence-electron chi connectivity index (χ1n) is 5.27. The minimum absolute atomic E-state index is 0.513. The Morgan fingerprint density at radius 1 is 1.64 bits per heavy atom. The van der Waals surface area contributed by atoms with Gasteiger partial charge in [0.1, 0.15) is 0 Å². The fourth-order valence-electron chi connectivity index (χ4n) is 1.53. The lowest BCUT2D eigenvalue weighted by molar-refractivity contribution is 0.666. The molecule has 0 amide bonds. The number of rotatable bonds is 4. The Hall–Kier alpha value is 0.170. The number of nitrogens with one attached hydrogen (secondary N) is 1. The predicted molar refractivity (Wildman–Crippen MR) is 67.5 cm³/mol. The Bertz CT molecular complexity index is 236. The quantitative estimate of drug-likeness (QED) is 0.802. The van der Waals surface area contributed by atoms with Crippen molar-refractivity contribution in [1.29, 1.82) is 0 Å². The molecule has 1 heterocycles. The molecule has 2 fully saturated rings. The molecule has 1 saturated heterocycles. The molecular formula is C10H18N2S2. The third-order valence-electron chi connectivity index (χ3n) is 2.99. The summed E-state index contributed by atoms with van der Waals surface area (Å²) in [5.41, 5.74) is 0. The first-order valence-corrected chi connectivity index (χ1v) is 7.48. The van der Waals surface area contributed by atoms with E-state index in [-0.39, 0.29) is 0 Å². The molecule has 0 aromatic carbocycles. The predicted octanol–water partition coefficient (Wildman–Crippen LogP) is 2.35. The summed E-state index contributed by atoms with van der Waals surface area (Å²) in [4.78, 5) is 4.67. The van der Waals surface area contributed by atoms with Crippen molar-refractivity contribution >= 4 is 28.7 Å². The minimum atomic E-state index is 0.513. The summed E-state index contributed by atoms with van der Waals surface area (Å²) in [5.74, 6) is 1.20. The maximum atomic E-state index is 4.67. The van der Waals surface area contributed by atoms with Gasteiger partial charge in [-0.05, 0) is 25.5 Å². The highest BCUT2D eigenvalue weighted by Gasteiger charge is 2.41. The summed E-state index contributed by atoms with van der Waals surface area (Å²) in [6.45, 7) is 3.24. The number of amidine groups is 1. The lowest BCUT2D eigenvalue weighted by Gasteiger charge is -2.09. The van der Waals surface area contributed by atoms with E-state index in [0.717, 1.165) is 6.54 Å². The molecule has 0 spiro atoms. The Labute approximate surface area is 94.7 Å². The van der Waals surface area contributed by atoms with Gasteiger partial charge in [-0.1, -0.05) is 18.7 Å². The van der Waals surface area contributed by atoms with Crippen LogP contribution >= 0.6 is 23.5 Å². The molecular weight excluding hydrogens is 212 g/mol. The summed E-state index contributed by atoms with van der Waals surface area (Å²) < 4.78 is 0.513. The van der Waals surface area contributed by atoms with Gasteiger partial charge in [-0.2, -0.15) is 11.8 Å². The first kappa shape index (κ1) is 10.7. The molecule has 1 atom stereocenters. The molecule has 80 valence electrons. The fourth-order valence-corrected chi connectivity index (χ4v) is 3.32. The Morgan fingerprint density at radius 3 is 2.93 bits per heavy atom. The fraction of sp³-hybridized carbons (Fsp3) is 0.900. The van der Waals surface area contributed by atoms with E-state index in [2.05, 4.69) is 23.5 Å². The third kappa shape index (κ3) is 2.40. The van der Waals surface area contributed by atoms with Crippen LogP contribution in [0.4, 0.5) is 0 Å². The lowest BCUT2D eigenvalue weighted by Crippen LogP contribution is -2.26. The van der Waals surface area contributed by atoms with Gasteiger partial charge in [-0.25, -0.2) is 0 Å². The molecule has 0 radical (unpaired) electrons. The van der Waals surface area contributed by atoms with Crippen LogP contribution in [0.3, 0.4) is 0 Å².